The number of nitrogens with zero attached hydrogens (tertiary/aromatic N) is 2. The summed E-state index contributed by atoms with van der Waals surface area (Å²) in [5.41, 5.74) is 0. The summed E-state index contributed by atoms with van der Waals surface area (Å²) in [4.78, 5) is 29.0. The standard InChI is InChI=1S/C18H30N2O3/c1-13-2-4-16(5-3-13)20-11-15(10-17(20)22)18(23)19-8-6-14(12-21)7-9-19/h13-16,21H,2-12H2,1H3. The first-order chi connectivity index (χ1) is 11.1. The topological polar surface area (TPSA) is 60.9 Å². The first kappa shape index (κ1) is 16.7. The first-order valence-electron chi connectivity index (χ1n) is 9.27. The molecule has 0 bridgehead atoms. The number of amides is 2. The van der Waals surface area contributed by atoms with E-state index in [-0.39, 0.29) is 24.3 Å². The van der Waals surface area contributed by atoms with E-state index in [1.165, 1.54) is 12.8 Å². The molecule has 2 saturated heterocycles. The summed E-state index contributed by atoms with van der Waals surface area (Å²) in [6.07, 6.45) is 6.74. The maximum atomic E-state index is 12.7. The van der Waals surface area contributed by atoms with Crippen molar-refractivity contribution in [3.05, 3.63) is 0 Å². The Morgan fingerprint density at radius 2 is 1.78 bits per heavy atom. The van der Waals surface area contributed by atoms with Gasteiger partial charge in [-0.1, -0.05) is 6.92 Å². The van der Waals surface area contributed by atoms with Crippen molar-refractivity contribution >= 4 is 11.8 Å². The van der Waals surface area contributed by atoms with E-state index in [0.717, 1.165) is 44.7 Å². The molecule has 2 aliphatic heterocycles. The Hall–Kier alpha value is -1.10. The van der Waals surface area contributed by atoms with E-state index in [2.05, 4.69) is 6.92 Å². The highest BCUT2D eigenvalue weighted by Gasteiger charge is 2.40. The van der Waals surface area contributed by atoms with Gasteiger partial charge in [-0.25, -0.2) is 0 Å². The largest absolute Gasteiger partial charge is 0.396 e. The molecule has 1 atom stereocenters. The Morgan fingerprint density at radius 1 is 1.13 bits per heavy atom. The Bertz CT molecular complexity index is 438. The van der Waals surface area contributed by atoms with Crippen molar-refractivity contribution in [2.45, 2.75) is 57.9 Å². The zero-order valence-electron chi connectivity index (χ0n) is 14.2. The molecule has 23 heavy (non-hydrogen) atoms. The third-order valence-electron chi connectivity index (χ3n) is 6.12. The van der Waals surface area contributed by atoms with E-state index in [1.807, 2.05) is 9.80 Å². The van der Waals surface area contributed by atoms with Gasteiger partial charge in [0.25, 0.3) is 0 Å². The molecule has 5 heteroatoms. The minimum atomic E-state index is -0.146. The molecule has 1 N–H and O–H groups in total. The van der Waals surface area contributed by atoms with Crippen molar-refractivity contribution in [2.24, 2.45) is 17.8 Å². The van der Waals surface area contributed by atoms with Crippen molar-refractivity contribution in [3.63, 3.8) is 0 Å². The highest BCUT2D eigenvalue weighted by molar-refractivity contribution is 5.89. The molecule has 0 radical (unpaired) electrons. The van der Waals surface area contributed by atoms with Crippen LogP contribution in [0.4, 0.5) is 0 Å². The van der Waals surface area contributed by atoms with Crippen molar-refractivity contribution in [3.8, 4) is 0 Å². The summed E-state index contributed by atoms with van der Waals surface area (Å²) >= 11 is 0. The molecule has 2 heterocycles. The molecule has 5 nitrogen and oxygen atoms in total. The number of hydrogen-bond donors (Lipinski definition) is 1. The molecule has 1 saturated carbocycles. The fourth-order valence-corrected chi connectivity index (χ4v) is 4.40. The SMILES string of the molecule is CC1CCC(N2CC(C(=O)N3CCC(CO)CC3)CC2=O)CC1. The maximum Gasteiger partial charge on any atom is 0.227 e. The zero-order valence-corrected chi connectivity index (χ0v) is 14.2. The number of likely N-dealkylation sites (tertiary alicyclic amines) is 2. The maximum absolute atomic E-state index is 12.7. The van der Waals surface area contributed by atoms with Crippen LogP contribution in [0.15, 0.2) is 0 Å². The van der Waals surface area contributed by atoms with Crippen LogP contribution in [0.1, 0.15) is 51.9 Å². The van der Waals surface area contributed by atoms with Gasteiger partial charge in [-0.3, -0.25) is 9.59 Å². The van der Waals surface area contributed by atoms with Gasteiger partial charge in [0.05, 0.1) is 5.92 Å². The number of aliphatic hydroxyl groups is 1. The molecule has 1 aliphatic carbocycles. The molecule has 1 unspecified atom stereocenters. The number of hydrogen-bond acceptors (Lipinski definition) is 3. The molecular formula is C18H30N2O3. The second-order valence-corrected chi connectivity index (χ2v) is 7.81. The lowest BCUT2D eigenvalue weighted by Crippen LogP contribution is -2.44. The summed E-state index contributed by atoms with van der Waals surface area (Å²) in [5, 5.41) is 9.20. The van der Waals surface area contributed by atoms with Crippen molar-refractivity contribution in [1.82, 2.24) is 9.80 Å². The third kappa shape index (κ3) is 3.70. The fraction of sp³-hybridized carbons (Fsp3) is 0.889. The second kappa shape index (κ2) is 7.20. The molecule has 3 rings (SSSR count). The molecule has 0 aromatic heterocycles. The normalized spacial score (nSPS) is 33.3. The van der Waals surface area contributed by atoms with Crippen LogP contribution in [0.25, 0.3) is 0 Å². The molecule has 130 valence electrons. The van der Waals surface area contributed by atoms with Crippen molar-refractivity contribution in [2.75, 3.05) is 26.2 Å². The van der Waals surface area contributed by atoms with Crippen LogP contribution < -0.4 is 0 Å². The highest BCUT2D eigenvalue weighted by Crippen LogP contribution is 2.32. The van der Waals surface area contributed by atoms with Crippen LogP contribution in [0, 0.1) is 17.8 Å². The summed E-state index contributed by atoms with van der Waals surface area (Å²) in [5.74, 6) is 1.29. The Balaban J connectivity index is 1.54. The van der Waals surface area contributed by atoms with Gasteiger partial charge in [0, 0.05) is 38.7 Å². The average Bonchev–Trinajstić information content (AvgIpc) is 2.97. The van der Waals surface area contributed by atoms with Crippen LogP contribution in [0.2, 0.25) is 0 Å². The number of rotatable bonds is 3. The van der Waals surface area contributed by atoms with Gasteiger partial charge in [0.2, 0.25) is 11.8 Å². The smallest absolute Gasteiger partial charge is 0.227 e. The summed E-state index contributed by atoms with van der Waals surface area (Å²) in [6, 6.07) is 0.358. The van der Waals surface area contributed by atoms with Crippen molar-refractivity contribution < 1.29 is 14.7 Å². The predicted molar refractivity (Wildman–Crippen MR) is 87.6 cm³/mol. The Kier molecular flexibility index (Phi) is 5.24. The minimum absolute atomic E-state index is 0.146. The third-order valence-corrected chi connectivity index (χ3v) is 6.12. The van der Waals surface area contributed by atoms with E-state index >= 15 is 0 Å². The van der Waals surface area contributed by atoms with E-state index < -0.39 is 0 Å². The van der Waals surface area contributed by atoms with Gasteiger partial charge < -0.3 is 14.9 Å². The molecule has 0 aromatic carbocycles. The summed E-state index contributed by atoms with van der Waals surface area (Å²) in [7, 11) is 0. The first-order valence-corrected chi connectivity index (χ1v) is 9.27. The lowest BCUT2D eigenvalue weighted by molar-refractivity contribution is -0.137. The summed E-state index contributed by atoms with van der Waals surface area (Å²) < 4.78 is 0. The van der Waals surface area contributed by atoms with Crippen LogP contribution in [0.3, 0.4) is 0 Å². The average molecular weight is 322 g/mol. The predicted octanol–water partition coefficient (Wildman–Crippen LogP) is 1.64. The molecule has 2 amide bonds. The van der Waals surface area contributed by atoms with Crippen LogP contribution in [-0.4, -0.2) is 59.0 Å². The van der Waals surface area contributed by atoms with Crippen molar-refractivity contribution in [1.29, 1.82) is 0 Å². The minimum Gasteiger partial charge on any atom is -0.396 e. The lowest BCUT2D eigenvalue weighted by Gasteiger charge is -2.35. The van der Waals surface area contributed by atoms with Gasteiger partial charge in [0.1, 0.15) is 0 Å². The molecular weight excluding hydrogens is 292 g/mol. The van der Waals surface area contributed by atoms with Gasteiger partial charge in [-0.2, -0.15) is 0 Å². The highest BCUT2D eigenvalue weighted by atomic mass is 16.3. The Labute approximate surface area is 139 Å². The van der Waals surface area contributed by atoms with Gasteiger partial charge in [-0.05, 0) is 50.4 Å². The zero-order chi connectivity index (χ0) is 16.4. The van der Waals surface area contributed by atoms with Crippen LogP contribution in [-0.2, 0) is 9.59 Å². The van der Waals surface area contributed by atoms with E-state index in [0.29, 0.717) is 24.9 Å². The molecule has 0 spiro atoms. The van der Waals surface area contributed by atoms with E-state index in [1.54, 1.807) is 0 Å². The number of carbonyl (C=O) groups is 2. The van der Waals surface area contributed by atoms with Crippen LogP contribution in [0.5, 0.6) is 0 Å². The van der Waals surface area contributed by atoms with Gasteiger partial charge in [-0.15, -0.1) is 0 Å². The van der Waals surface area contributed by atoms with Crippen LogP contribution >= 0.6 is 0 Å². The lowest BCUT2D eigenvalue weighted by atomic mass is 9.86. The van der Waals surface area contributed by atoms with E-state index in [4.69, 9.17) is 0 Å². The Morgan fingerprint density at radius 3 is 2.39 bits per heavy atom. The monoisotopic (exact) mass is 322 g/mol. The van der Waals surface area contributed by atoms with Gasteiger partial charge >= 0.3 is 0 Å². The number of piperidine rings is 1. The second-order valence-electron chi connectivity index (χ2n) is 7.81. The number of carbonyl (C=O) groups excluding carboxylic acids is 2. The molecule has 3 fully saturated rings. The molecule has 0 aromatic rings. The number of aliphatic hydroxyl groups excluding tert-OH is 1. The molecule has 3 aliphatic rings. The van der Waals surface area contributed by atoms with E-state index in [9.17, 15) is 14.7 Å². The quantitative estimate of drug-likeness (QED) is 0.859. The van der Waals surface area contributed by atoms with Gasteiger partial charge in [0.15, 0.2) is 0 Å². The summed E-state index contributed by atoms with van der Waals surface area (Å²) in [6.45, 7) is 4.59. The fourth-order valence-electron chi connectivity index (χ4n) is 4.40.